The standard InChI is InChI=1S/C12H17N3O/c1-9-2-3-11(10(8-9)12(13)16)15-6-4-14-5-7-15/h2-3,8,14H,4-7H2,1H3,(H2,13,16). The zero-order valence-corrected chi connectivity index (χ0v) is 9.49. The molecule has 0 atom stereocenters. The van der Waals surface area contributed by atoms with E-state index in [-0.39, 0.29) is 5.91 Å². The van der Waals surface area contributed by atoms with Crippen LogP contribution in [0.2, 0.25) is 0 Å². The lowest BCUT2D eigenvalue weighted by Crippen LogP contribution is -2.44. The van der Waals surface area contributed by atoms with E-state index in [1.165, 1.54) is 0 Å². The van der Waals surface area contributed by atoms with Crippen molar-refractivity contribution in [3.8, 4) is 0 Å². The Morgan fingerprint density at radius 1 is 1.38 bits per heavy atom. The van der Waals surface area contributed by atoms with E-state index in [2.05, 4.69) is 10.2 Å². The summed E-state index contributed by atoms with van der Waals surface area (Å²) in [5.74, 6) is -0.350. The normalized spacial score (nSPS) is 16.2. The maximum Gasteiger partial charge on any atom is 0.250 e. The molecule has 0 aromatic heterocycles. The van der Waals surface area contributed by atoms with Gasteiger partial charge in [0, 0.05) is 31.9 Å². The van der Waals surface area contributed by atoms with Crippen molar-refractivity contribution in [1.82, 2.24) is 5.32 Å². The van der Waals surface area contributed by atoms with Gasteiger partial charge >= 0.3 is 0 Å². The van der Waals surface area contributed by atoms with Gasteiger partial charge in [-0.2, -0.15) is 0 Å². The number of primary amides is 1. The molecule has 1 aromatic carbocycles. The molecule has 1 aliphatic rings. The molecule has 86 valence electrons. The molecule has 0 radical (unpaired) electrons. The highest BCUT2D eigenvalue weighted by Gasteiger charge is 2.16. The van der Waals surface area contributed by atoms with Gasteiger partial charge in [0.25, 0.3) is 5.91 Å². The average molecular weight is 219 g/mol. The highest BCUT2D eigenvalue weighted by Crippen LogP contribution is 2.21. The molecule has 1 fully saturated rings. The van der Waals surface area contributed by atoms with E-state index in [1.807, 2.05) is 25.1 Å². The molecule has 0 saturated carbocycles. The first-order valence-electron chi connectivity index (χ1n) is 5.54. The third-order valence-electron chi connectivity index (χ3n) is 2.88. The van der Waals surface area contributed by atoms with Gasteiger partial charge in [0.2, 0.25) is 0 Å². The Morgan fingerprint density at radius 2 is 2.06 bits per heavy atom. The number of carbonyl (C=O) groups is 1. The first kappa shape index (κ1) is 11.0. The average Bonchev–Trinajstić information content (AvgIpc) is 2.30. The van der Waals surface area contributed by atoms with Crippen LogP contribution in [0.15, 0.2) is 18.2 Å². The zero-order chi connectivity index (χ0) is 11.5. The van der Waals surface area contributed by atoms with Crippen molar-refractivity contribution in [3.63, 3.8) is 0 Å². The zero-order valence-electron chi connectivity index (χ0n) is 9.49. The van der Waals surface area contributed by atoms with Crippen molar-refractivity contribution in [1.29, 1.82) is 0 Å². The minimum atomic E-state index is -0.350. The molecule has 3 N–H and O–H groups in total. The Hall–Kier alpha value is -1.55. The van der Waals surface area contributed by atoms with Crippen molar-refractivity contribution in [2.45, 2.75) is 6.92 Å². The molecule has 1 aromatic rings. The number of nitrogens with zero attached hydrogens (tertiary/aromatic N) is 1. The van der Waals surface area contributed by atoms with Gasteiger partial charge in [0.15, 0.2) is 0 Å². The Morgan fingerprint density at radius 3 is 2.69 bits per heavy atom. The lowest BCUT2D eigenvalue weighted by molar-refractivity contribution is 0.100. The molecule has 1 aliphatic heterocycles. The van der Waals surface area contributed by atoms with Gasteiger partial charge in [-0.15, -0.1) is 0 Å². The topological polar surface area (TPSA) is 58.4 Å². The molecule has 0 aliphatic carbocycles. The number of nitrogens with two attached hydrogens (primary N) is 1. The molecule has 4 nitrogen and oxygen atoms in total. The quantitative estimate of drug-likeness (QED) is 0.761. The fourth-order valence-corrected chi connectivity index (χ4v) is 2.03. The third-order valence-corrected chi connectivity index (χ3v) is 2.88. The number of piperazine rings is 1. The molecule has 0 bridgehead atoms. The van der Waals surface area contributed by atoms with Gasteiger partial charge in [0.05, 0.1) is 5.56 Å². The minimum Gasteiger partial charge on any atom is -0.368 e. The summed E-state index contributed by atoms with van der Waals surface area (Å²) in [6.45, 7) is 5.71. The second kappa shape index (κ2) is 4.53. The van der Waals surface area contributed by atoms with Gasteiger partial charge < -0.3 is 16.0 Å². The Bertz CT molecular complexity index is 397. The summed E-state index contributed by atoms with van der Waals surface area (Å²) >= 11 is 0. The molecule has 1 saturated heterocycles. The van der Waals surface area contributed by atoms with Gasteiger partial charge in [-0.1, -0.05) is 11.6 Å². The van der Waals surface area contributed by atoms with E-state index >= 15 is 0 Å². The first-order valence-corrected chi connectivity index (χ1v) is 5.54. The summed E-state index contributed by atoms with van der Waals surface area (Å²) < 4.78 is 0. The molecule has 2 rings (SSSR count). The number of rotatable bonds is 2. The SMILES string of the molecule is Cc1ccc(N2CCNCC2)c(C(N)=O)c1. The van der Waals surface area contributed by atoms with Crippen LogP contribution in [-0.4, -0.2) is 32.1 Å². The second-order valence-corrected chi connectivity index (χ2v) is 4.12. The number of anilines is 1. The fourth-order valence-electron chi connectivity index (χ4n) is 2.03. The summed E-state index contributed by atoms with van der Waals surface area (Å²) in [6, 6.07) is 5.87. The van der Waals surface area contributed by atoms with Gasteiger partial charge in [-0.05, 0) is 19.1 Å². The monoisotopic (exact) mass is 219 g/mol. The van der Waals surface area contributed by atoms with Crippen molar-refractivity contribution in [2.24, 2.45) is 5.73 Å². The highest BCUT2D eigenvalue weighted by atomic mass is 16.1. The number of benzene rings is 1. The van der Waals surface area contributed by atoms with E-state index < -0.39 is 0 Å². The molecule has 0 spiro atoms. The lowest BCUT2D eigenvalue weighted by Gasteiger charge is -2.30. The van der Waals surface area contributed by atoms with Crippen LogP contribution in [0.5, 0.6) is 0 Å². The Balaban J connectivity index is 2.34. The van der Waals surface area contributed by atoms with E-state index in [9.17, 15) is 4.79 Å². The molecule has 1 heterocycles. The minimum absolute atomic E-state index is 0.350. The summed E-state index contributed by atoms with van der Waals surface area (Å²) in [4.78, 5) is 13.6. The number of carbonyl (C=O) groups excluding carboxylic acids is 1. The fraction of sp³-hybridized carbons (Fsp3) is 0.417. The van der Waals surface area contributed by atoms with Crippen molar-refractivity contribution < 1.29 is 4.79 Å². The van der Waals surface area contributed by atoms with Crippen LogP contribution in [0, 0.1) is 6.92 Å². The van der Waals surface area contributed by atoms with Crippen LogP contribution >= 0.6 is 0 Å². The summed E-state index contributed by atoms with van der Waals surface area (Å²) in [5.41, 5.74) is 8.06. The van der Waals surface area contributed by atoms with Crippen LogP contribution in [0.25, 0.3) is 0 Å². The molecule has 0 unspecified atom stereocenters. The molecule has 1 amide bonds. The molecule has 4 heteroatoms. The summed E-state index contributed by atoms with van der Waals surface area (Å²) in [7, 11) is 0. The first-order chi connectivity index (χ1) is 7.68. The van der Waals surface area contributed by atoms with Crippen molar-refractivity contribution in [2.75, 3.05) is 31.1 Å². The van der Waals surface area contributed by atoms with Gasteiger partial charge in [-0.3, -0.25) is 4.79 Å². The summed E-state index contributed by atoms with van der Waals surface area (Å²) in [5, 5.41) is 3.29. The van der Waals surface area contributed by atoms with Crippen LogP contribution in [0.4, 0.5) is 5.69 Å². The summed E-state index contributed by atoms with van der Waals surface area (Å²) in [6.07, 6.45) is 0. The Labute approximate surface area is 95.4 Å². The number of aryl methyl sites for hydroxylation is 1. The Kier molecular flexibility index (Phi) is 3.10. The number of hydrogen-bond acceptors (Lipinski definition) is 3. The molecular formula is C12H17N3O. The van der Waals surface area contributed by atoms with Crippen LogP contribution in [0.3, 0.4) is 0 Å². The van der Waals surface area contributed by atoms with Crippen LogP contribution in [0.1, 0.15) is 15.9 Å². The number of amides is 1. The van der Waals surface area contributed by atoms with Gasteiger partial charge in [0.1, 0.15) is 0 Å². The van der Waals surface area contributed by atoms with Crippen molar-refractivity contribution in [3.05, 3.63) is 29.3 Å². The van der Waals surface area contributed by atoms with E-state index in [1.54, 1.807) is 0 Å². The number of hydrogen-bond donors (Lipinski definition) is 2. The molecular weight excluding hydrogens is 202 g/mol. The maximum atomic E-state index is 11.4. The largest absolute Gasteiger partial charge is 0.368 e. The number of nitrogens with one attached hydrogen (secondary N) is 1. The predicted octanol–water partition coefficient (Wildman–Crippen LogP) is 0.504. The maximum absolute atomic E-state index is 11.4. The van der Waals surface area contributed by atoms with E-state index in [0.717, 1.165) is 37.4 Å². The smallest absolute Gasteiger partial charge is 0.250 e. The van der Waals surface area contributed by atoms with E-state index in [0.29, 0.717) is 5.56 Å². The van der Waals surface area contributed by atoms with Crippen LogP contribution in [-0.2, 0) is 0 Å². The lowest BCUT2D eigenvalue weighted by atomic mass is 10.1. The third kappa shape index (κ3) is 2.17. The predicted molar refractivity (Wildman–Crippen MR) is 64.8 cm³/mol. The van der Waals surface area contributed by atoms with Gasteiger partial charge in [-0.25, -0.2) is 0 Å². The molecule has 16 heavy (non-hydrogen) atoms. The van der Waals surface area contributed by atoms with Crippen LogP contribution < -0.4 is 16.0 Å². The highest BCUT2D eigenvalue weighted by molar-refractivity contribution is 5.98. The van der Waals surface area contributed by atoms with Crippen molar-refractivity contribution >= 4 is 11.6 Å². The second-order valence-electron chi connectivity index (χ2n) is 4.12. The van der Waals surface area contributed by atoms with E-state index in [4.69, 9.17) is 5.73 Å².